The van der Waals surface area contributed by atoms with E-state index in [1.165, 1.54) is 6.20 Å². The van der Waals surface area contributed by atoms with Gasteiger partial charge in [0.25, 0.3) is 5.91 Å². The van der Waals surface area contributed by atoms with E-state index in [4.69, 9.17) is 11.6 Å². The van der Waals surface area contributed by atoms with E-state index in [1.807, 2.05) is 32.0 Å². The molecule has 1 N–H and O–H groups in total. The predicted molar refractivity (Wildman–Crippen MR) is 85.8 cm³/mol. The molecule has 0 unspecified atom stereocenters. The second-order valence-corrected chi connectivity index (χ2v) is 5.87. The highest BCUT2D eigenvalue weighted by molar-refractivity contribution is 14.1. The molecule has 2 aromatic rings. The summed E-state index contributed by atoms with van der Waals surface area (Å²) in [6.07, 6.45) is 1.50. The number of nitrogens with zero attached hydrogens (tertiary/aromatic N) is 1. The molecule has 0 bridgehead atoms. The minimum atomic E-state index is -0.248. The number of hydrogen-bond donors (Lipinski definition) is 1. The van der Waals surface area contributed by atoms with E-state index in [-0.39, 0.29) is 5.91 Å². The molecule has 1 aromatic carbocycles. The van der Waals surface area contributed by atoms with Crippen molar-refractivity contribution < 1.29 is 4.79 Å². The number of hydrogen-bond acceptors (Lipinski definition) is 2. The molecule has 1 aromatic heterocycles. The Morgan fingerprint density at radius 2 is 2.05 bits per heavy atom. The molecular weight excluding hydrogens is 375 g/mol. The summed E-state index contributed by atoms with van der Waals surface area (Å²) in [7, 11) is 0. The van der Waals surface area contributed by atoms with Gasteiger partial charge < -0.3 is 5.32 Å². The molecule has 0 fully saturated rings. The van der Waals surface area contributed by atoms with Crippen molar-refractivity contribution in [1.29, 1.82) is 0 Å². The maximum atomic E-state index is 12.1. The number of pyridine rings is 1. The van der Waals surface area contributed by atoms with Crippen LogP contribution in [0.5, 0.6) is 0 Å². The van der Waals surface area contributed by atoms with Crippen LogP contribution >= 0.6 is 34.2 Å². The number of halogens is 2. The highest BCUT2D eigenvalue weighted by Crippen LogP contribution is 2.21. The van der Waals surface area contributed by atoms with Crippen molar-refractivity contribution >= 4 is 45.8 Å². The largest absolute Gasteiger partial charge is 0.322 e. The molecule has 0 aliphatic heterocycles. The van der Waals surface area contributed by atoms with Crippen molar-refractivity contribution in [1.82, 2.24) is 4.98 Å². The zero-order valence-corrected chi connectivity index (χ0v) is 13.4. The Balaban J connectivity index is 2.25. The topological polar surface area (TPSA) is 42.0 Å². The number of carbonyl (C=O) groups excluding carboxylic acids is 1. The van der Waals surface area contributed by atoms with E-state index in [1.54, 1.807) is 6.07 Å². The van der Waals surface area contributed by atoms with E-state index in [0.717, 1.165) is 20.5 Å². The number of anilines is 1. The molecule has 19 heavy (non-hydrogen) atoms. The summed E-state index contributed by atoms with van der Waals surface area (Å²) < 4.78 is 1.13. The fraction of sp³-hybridized carbons (Fsp3) is 0.143. The van der Waals surface area contributed by atoms with Gasteiger partial charge in [-0.3, -0.25) is 9.78 Å². The Labute approximate surface area is 130 Å². The fourth-order valence-corrected chi connectivity index (χ4v) is 2.59. The van der Waals surface area contributed by atoms with Crippen LogP contribution < -0.4 is 5.32 Å². The number of benzene rings is 1. The van der Waals surface area contributed by atoms with Crippen LogP contribution in [0.2, 0.25) is 5.02 Å². The lowest BCUT2D eigenvalue weighted by atomic mass is 10.2. The van der Waals surface area contributed by atoms with Crippen molar-refractivity contribution in [2.75, 3.05) is 5.32 Å². The number of carbonyl (C=O) groups is 1. The van der Waals surface area contributed by atoms with Crippen LogP contribution in [0.15, 0.2) is 30.5 Å². The second kappa shape index (κ2) is 5.88. The Hall–Kier alpha value is -1.14. The van der Waals surface area contributed by atoms with E-state index in [0.29, 0.717) is 10.6 Å². The van der Waals surface area contributed by atoms with Crippen LogP contribution in [0.25, 0.3) is 0 Å². The molecule has 1 heterocycles. The molecule has 0 saturated carbocycles. The fourth-order valence-electron chi connectivity index (χ4n) is 1.65. The SMILES string of the molecule is Cc1cc(Cl)c(C(=O)Nc2ccc(I)cc2C)cn1. The summed E-state index contributed by atoms with van der Waals surface area (Å²) in [6.45, 7) is 3.78. The molecule has 0 radical (unpaired) electrons. The highest BCUT2D eigenvalue weighted by Gasteiger charge is 2.12. The lowest BCUT2D eigenvalue weighted by Gasteiger charge is -2.09. The Morgan fingerprint density at radius 3 is 2.68 bits per heavy atom. The van der Waals surface area contributed by atoms with Crippen molar-refractivity contribution in [3.05, 3.63) is 55.9 Å². The second-order valence-electron chi connectivity index (χ2n) is 4.22. The van der Waals surface area contributed by atoms with Gasteiger partial charge in [-0.2, -0.15) is 0 Å². The maximum Gasteiger partial charge on any atom is 0.258 e. The van der Waals surface area contributed by atoms with Crippen LogP contribution in [0, 0.1) is 17.4 Å². The van der Waals surface area contributed by atoms with E-state index in [2.05, 4.69) is 32.9 Å². The molecule has 0 spiro atoms. The molecule has 0 aliphatic carbocycles. The van der Waals surface area contributed by atoms with Gasteiger partial charge in [0, 0.05) is 21.1 Å². The van der Waals surface area contributed by atoms with Crippen molar-refractivity contribution in [3.63, 3.8) is 0 Å². The molecule has 5 heteroatoms. The van der Waals surface area contributed by atoms with Crippen LogP contribution in [-0.4, -0.2) is 10.9 Å². The van der Waals surface area contributed by atoms with Gasteiger partial charge in [0.15, 0.2) is 0 Å². The Kier molecular flexibility index (Phi) is 4.42. The first-order chi connectivity index (χ1) is 8.97. The Bertz CT molecular complexity index is 643. The third-order valence-electron chi connectivity index (χ3n) is 2.67. The molecule has 0 saturated heterocycles. The van der Waals surface area contributed by atoms with Gasteiger partial charge in [-0.05, 0) is 66.3 Å². The lowest BCUT2D eigenvalue weighted by molar-refractivity contribution is 0.102. The van der Waals surface area contributed by atoms with E-state index < -0.39 is 0 Å². The van der Waals surface area contributed by atoms with Crippen molar-refractivity contribution in [2.24, 2.45) is 0 Å². The lowest BCUT2D eigenvalue weighted by Crippen LogP contribution is -2.14. The predicted octanol–water partition coefficient (Wildman–Crippen LogP) is 4.21. The summed E-state index contributed by atoms with van der Waals surface area (Å²) in [5.74, 6) is -0.248. The number of nitrogens with one attached hydrogen (secondary N) is 1. The van der Waals surface area contributed by atoms with Gasteiger partial charge in [0.1, 0.15) is 0 Å². The minimum absolute atomic E-state index is 0.248. The number of aromatic nitrogens is 1. The van der Waals surface area contributed by atoms with Gasteiger partial charge >= 0.3 is 0 Å². The van der Waals surface area contributed by atoms with Gasteiger partial charge in [0.2, 0.25) is 0 Å². The third-order valence-corrected chi connectivity index (χ3v) is 3.66. The number of amides is 1. The van der Waals surface area contributed by atoms with Gasteiger partial charge in [-0.25, -0.2) is 0 Å². The monoisotopic (exact) mass is 386 g/mol. The quantitative estimate of drug-likeness (QED) is 0.786. The molecule has 1 amide bonds. The first kappa shape index (κ1) is 14.3. The zero-order chi connectivity index (χ0) is 14.0. The summed E-state index contributed by atoms with van der Waals surface area (Å²) in [5, 5.41) is 3.26. The smallest absolute Gasteiger partial charge is 0.258 e. The van der Waals surface area contributed by atoms with Gasteiger partial charge in [-0.15, -0.1) is 0 Å². The molecule has 0 aliphatic rings. The average Bonchev–Trinajstić information content (AvgIpc) is 2.32. The van der Waals surface area contributed by atoms with Crippen LogP contribution in [0.4, 0.5) is 5.69 Å². The van der Waals surface area contributed by atoms with E-state index >= 15 is 0 Å². The van der Waals surface area contributed by atoms with Crippen LogP contribution in [-0.2, 0) is 0 Å². The zero-order valence-electron chi connectivity index (χ0n) is 10.5. The molecule has 2 rings (SSSR count). The summed E-state index contributed by atoms with van der Waals surface area (Å²) in [5.41, 5.74) is 2.95. The van der Waals surface area contributed by atoms with Crippen molar-refractivity contribution in [3.8, 4) is 0 Å². The summed E-state index contributed by atoms with van der Waals surface area (Å²) in [6, 6.07) is 7.51. The number of aryl methyl sites for hydroxylation is 2. The molecule has 3 nitrogen and oxygen atoms in total. The molecular formula is C14H12ClIN2O. The maximum absolute atomic E-state index is 12.1. The minimum Gasteiger partial charge on any atom is -0.322 e. The Morgan fingerprint density at radius 1 is 1.32 bits per heavy atom. The third kappa shape index (κ3) is 3.45. The molecule has 0 atom stereocenters. The standard InChI is InChI=1S/C14H12ClIN2O/c1-8-5-10(16)3-4-13(8)18-14(19)11-7-17-9(2)6-12(11)15/h3-7H,1-2H3,(H,18,19). The first-order valence-corrected chi connectivity index (χ1v) is 7.12. The van der Waals surface area contributed by atoms with E-state index in [9.17, 15) is 4.79 Å². The summed E-state index contributed by atoms with van der Waals surface area (Å²) in [4.78, 5) is 16.2. The van der Waals surface area contributed by atoms with Gasteiger partial charge in [-0.1, -0.05) is 11.6 Å². The molecule has 98 valence electrons. The normalized spacial score (nSPS) is 10.3. The highest BCUT2D eigenvalue weighted by atomic mass is 127. The first-order valence-electron chi connectivity index (χ1n) is 5.67. The van der Waals surface area contributed by atoms with Gasteiger partial charge in [0.05, 0.1) is 10.6 Å². The average molecular weight is 387 g/mol. The van der Waals surface area contributed by atoms with Crippen LogP contribution in [0.1, 0.15) is 21.6 Å². The van der Waals surface area contributed by atoms with Crippen LogP contribution in [0.3, 0.4) is 0 Å². The van der Waals surface area contributed by atoms with Crippen molar-refractivity contribution in [2.45, 2.75) is 13.8 Å². The number of rotatable bonds is 2. The summed E-state index contributed by atoms with van der Waals surface area (Å²) >= 11 is 8.29.